The Balaban J connectivity index is 1.29. The summed E-state index contributed by atoms with van der Waals surface area (Å²) in [5.74, 6) is 0.991. The lowest BCUT2D eigenvalue weighted by Gasteiger charge is -2.41. The van der Waals surface area contributed by atoms with Crippen LogP contribution in [0.1, 0.15) is 50.5 Å². The molecule has 1 N–H and O–H groups in total. The van der Waals surface area contributed by atoms with Crippen molar-refractivity contribution >= 4 is 23.4 Å². The van der Waals surface area contributed by atoms with Crippen molar-refractivity contribution < 1.29 is 14.3 Å². The van der Waals surface area contributed by atoms with Crippen molar-refractivity contribution in [3.05, 3.63) is 47.2 Å². The molecule has 2 amide bonds. The highest BCUT2D eigenvalue weighted by Gasteiger charge is 2.43. The van der Waals surface area contributed by atoms with Crippen LogP contribution in [-0.4, -0.2) is 66.5 Å². The average Bonchev–Trinajstić information content (AvgIpc) is 3.62. The minimum Gasteiger partial charge on any atom is -0.500 e. The predicted molar refractivity (Wildman–Crippen MR) is 132 cm³/mol. The molecule has 3 fully saturated rings. The molecular formula is C27H36ClN3O3. The zero-order valence-electron chi connectivity index (χ0n) is 20.0. The number of amides is 2. The first-order valence-corrected chi connectivity index (χ1v) is 13.2. The van der Waals surface area contributed by atoms with Crippen molar-refractivity contribution in [3.63, 3.8) is 0 Å². The van der Waals surface area contributed by atoms with Gasteiger partial charge in [-0.15, -0.1) is 0 Å². The van der Waals surface area contributed by atoms with Crippen LogP contribution in [0.25, 0.3) is 0 Å². The number of likely N-dealkylation sites (tertiary alicyclic amines) is 1. The highest BCUT2D eigenvalue weighted by atomic mass is 35.5. The lowest BCUT2D eigenvalue weighted by molar-refractivity contribution is -0.142. The van der Waals surface area contributed by atoms with E-state index in [1.807, 2.05) is 35.2 Å². The largest absolute Gasteiger partial charge is 0.500 e. The molecule has 0 bridgehead atoms. The SMILES string of the molecule is C[C@H]1CC[C@@H](N(C(=O)C2C=COC2)[C@H]2CCN(C(=O)[C@@H]3CNC[C@H]3c3ccc(Cl)cc3)C2)CC1. The third kappa shape index (κ3) is 4.85. The Morgan fingerprint density at radius 1 is 1.06 bits per heavy atom. The zero-order chi connectivity index (χ0) is 23.7. The van der Waals surface area contributed by atoms with E-state index >= 15 is 0 Å². The molecule has 0 radical (unpaired) electrons. The van der Waals surface area contributed by atoms with Crippen molar-refractivity contribution in [2.45, 2.75) is 57.0 Å². The van der Waals surface area contributed by atoms with E-state index in [2.05, 4.69) is 17.1 Å². The van der Waals surface area contributed by atoms with Gasteiger partial charge in [-0.05, 0) is 61.8 Å². The summed E-state index contributed by atoms with van der Waals surface area (Å²) in [7, 11) is 0. The number of nitrogens with one attached hydrogen (secondary N) is 1. The van der Waals surface area contributed by atoms with Crippen LogP contribution in [0.2, 0.25) is 5.02 Å². The van der Waals surface area contributed by atoms with Crippen LogP contribution >= 0.6 is 11.6 Å². The summed E-state index contributed by atoms with van der Waals surface area (Å²) in [6, 6.07) is 8.24. The molecule has 1 saturated carbocycles. The highest BCUT2D eigenvalue weighted by molar-refractivity contribution is 6.30. The standard InChI is InChI=1S/C27H36ClN3O3/c1-18-2-8-22(9-3-18)31(26(32)20-11-13-34-17-20)23-10-12-30(16-23)27(33)25-15-29-14-24(25)19-4-6-21(28)7-5-19/h4-7,11,13,18,20,22-25,29H,2-3,8-10,12,14-17H2,1H3/t18-,20?,22+,23-,24-,25+/m0/s1. The number of nitrogens with zero attached hydrogens (tertiary/aromatic N) is 2. The van der Waals surface area contributed by atoms with Crippen LogP contribution in [-0.2, 0) is 14.3 Å². The zero-order valence-corrected chi connectivity index (χ0v) is 20.8. The number of carbonyl (C=O) groups is 2. The molecule has 0 spiro atoms. The van der Waals surface area contributed by atoms with E-state index < -0.39 is 0 Å². The summed E-state index contributed by atoms with van der Waals surface area (Å²) in [5.41, 5.74) is 1.16. The van der Waals surface area contributed by atoms with Crippen molar-refractivity contribution in [1.29, 1.82) is 0 Å². The molecule has 1 unspecified atom stereocenters. The third-order valence-electron chi connectivity index (χ3n) is 8.33. The summed E-state index contributed by atoms with van der Waals surface area (Å²) in [6.45, 7) is 5.59. The van der Waals surface area contributed by atoms with Gasteiger partial charge >= 0.3 is 0 Å². The fourth-order valence-corrected chi connectivity index (χ4v) is 6.42. The minimum atomic E-state index is -0.197. The van der Waals surface area contributed by atoms with E-state index in [4.69, 9.17) is 16.3 Å². The predicted octanol–water partition coefficient (Wildman–Crippen LogP) is 3.81. The van der Waals surface area contributed by atoms with Gasteiger partial charge < -0.3 is 19.9 Å². The van der Waals surface area contributed by atoms with Gasteiger partial charge in [-0.1, -0.05) is 30.7 Å². The summed E-state index contributed by atoms with van der Waals surface area (Å²) in [4.78, 5) is 31.4. The molecule has 5 rings (SSSR count). The van der Waals surface area contributed by atoms with Gasteiger partial charge in [-0.3, -0.25) is 9.59 Å². The van der Waals surface area contributed by atoms with Crippen molar-refractivity contribution in [3.8, 4) is 0 Å². The van der Waals surface area contributed by atoms with Gasteiger partial charge in [0.05, 0.1) is 24.1 Å². The van der Waals surface area contributed by atoms with E-state index in [0.717, 1.165) is 56.7 Å². The van der Waals surface area contributed by atoms with Crippen LogP contribution in [0.5, 0.6) is 0 Å². The molecule has 1 aliphatic carbocycles. The summed E-state index contributed by atoms with van der Waals surface area (Å²) < 4.78 is 5.38. The van der Waals surface area contributed by atoms with Crippen LogP contribution in [0.15, 0.2) is 36.6 Å². The first-order valence-electron chi connectivity index (χ1n) is 12.9. The topological polar surface area (TPSA) is 61.9 Å². The lowest BCUT2D eigenvalue weighted by Crippen LogP contribution is -2.52. The molecule has 2 saturated heterocycles. The number of ether oxygens (including phenoxy) is 1. The Bertz CT molecular complexity index is 912. The van der Waals surface area contributed by atoms with Crippen molar-refractivity contribution in [2.24, 2.45) is 17.8 Å². The quantitative estimate of drug-likeness (QED) is 0.689. The van der Waals surface area contributed by atoms with Crippen LogP contribution < -0.4 is 5.32 Å². The number of carbonyl (C=O) groups excluding carboxylic acids is 2. The van der Waals surface area contributed by atoms with E-state index in [1.54, 1.807) is 6.26 Å². The summed E-state index contributed by atoms with van der Waals surface area (Å²) in [5, 5.41) is 4.13. The number of hydrogen-bond acceptors (Lipinski definition) is 4. The molecule has 184 valence electrons. The molecule has 1 aromatic rings. The molecule has 4 atom stereocenters. The van der Waals surface area contributed by atoms with Crippen LogP contribution in [0, 0.1) is 17.8 Å². The van der Waals surface area contributed by atoms with E-state index in [-0.39, 0.29) is 41.7 Å². The smallest absolute Gasteiger partial charge is 0.233 e. The molecule has 6 nitrogen and oxygen atoms in total. The second-order valence-corrected chi connectivity index (χ2v) is 11.0. The number of hydrogen-bond donors (Lipinski definition) is 1. The fraction of sp³-hybridized carbons (Fsp3) is 0.630. The van der Waals surface area contributed by atoms with Crippen molar-refractivity contribution in [2.75, 3.05) is 32.8 Å². The van der Waals surface area contributed by atoms with Gasteiger partial charge in [0.15, 0.2) is 0 Å². The van der Waals surface area contributed by atoms with E-state index in [0.29, 0.717) is 24.7 Å². The van der Waals surface area contributed by atoms with Gasteiger partial charge in [0.1, 0.15) is 6.61 Å². The van der Waals surface area contributed by atoms with Crippen LogP contribution in [0.3, 0.4) is 0 Å². The first-order chi connectivity index (χ1) is 16.5. The van der Waals surface area contributed by atoms with Gasteiger partial charge in [0, 0.05) is 43.2 Å². The number of rotatable bonds is 5. The van der Waals surface area contributed by atoms with E-state index in [1.165, 1.54) is 0 Å². The van der Waals surface area contributed by atoms with Gasteiger partial charge in [-0.25, -0.2) is 0 Å². The first kappa shape index (κ1) is 23.7. The number of benzene rings is 1. The Kier molecular flexibility index (Phi) is 7.16. The average molecular weight is 486 g/mol. The molecule has 4 aliphatic rings. The highest BCUT2D eigenvalue weighted by Crippen LogP contribution is 2.35. The second-order valence-electron chi connectivity index (χ2n) is 10.6. The van der Waals surface area contributed by atoms with Crippen molar-refractivity contribution in [1.82, 2.24) is 15.1 Å². The maximum atomic E-state index is 13.6. The maximum Gasteiger partial charge on any atom is 0.233 e. The molecule has 7 heteroatoms. The van der Waals surface area contributed by atoms with E-state index in [9.17, 15) is 9.59 Å². The summed E-state index contributed by atoms with van der Waals surface area (Å²) in [6.07, 6.45) is 8.83. The molecule has 0 aromatic heterocycles. The number of halogens is 1. The molecule has 3 heterocycles. The maximum absolute atomic E-state index is 13.6. The summed E-state index contributed by atoms with van der Waals surface area (Å²) >= 11 is 6.08. The lowest BCUT2D eigenvalue weighted by atomic mass is 9.85. The third-order valence-corrected chi connectivity index (χ3v) is 8.58. The Morgan fingerprint density at radius 2 is 1.82 bits per heavy atom. The normalized spacial score (nSPS) is 33.2. The Hall–Kier alpha value is -2.05. The Labute approximate surface area is 207 Å². The van der Waals surface area contributed by atoms with Gasteiger partial charge in [0.25, 0.3) is 0 Å². The molecule has 3 aliphatic heterocycles. The molecule has 1 aromatic carbocycles. The molecule has 34 heavy (non-hydrogen) atoms. The van der Waals surface area contributed by atoms with Gasteiger partial charge in [-0.2, -0.15) is 0 Å². The van der Waals surface area contributed by atoms with Crippen LogP contribution in [0.4, 0.5) is 0 Å². The monoisotopic (exact) mass is 485 g/mol. The molecular weight excluding hydrogens is 450 g/mol. The minimum absolute atomic E-state index is 0.0780. The van der Waals surface area contributed by atoms with Gasteiger partial charge in [0.2, 0.25) is 11.8 Å². The fourth-order valence-electron chi connectivity index (χ4n) is 6.29. The Morgan fingerprint density at radius 3 is 2.53 bits per heavy atom. The second kappa shape index (κ2) is 10.3.